The molecule has 0 amide bonds. The summed E-state index contributed by atoms with van der Waals surface area (Å²) in [5.41, 5.74) is 6.17. The highest BCUT2D eigenvalue weighted by atomic mass is 32.2. The van der Waals surface area contributed by atoms with Gasteiger partial charge in [0, 0.05) is 25.4 Å². The number of nitrogens with zero attached hydrogens (tertiary/aromatic N) is 6. The molecule has 0 aliphatic carbocycles. The van der Waals surface area contributed by atoms with Crippen molar-refractivity contribution in [2.45, 2.75) is 13.5 Å². The van der Waals surface area contributed by atoms with E-state index in [4.69, 9.17) is 9.97 Å². The summed E-state index contributed by atoms with van der Waals surface area (Å²) < 4.78 is 41.8. The summed E-state index contributed by atoms with van der Waals surface area (Å²) in [6.45, 7) is 1.89. The van der Waals surface area contributed by atoms with Crippen LogP contribution in [0.5, 0.6) is 0 Å². The number of nitrogens with one attached hydrogen (secondary N) is 3. The number of rotatable bonds is 6. The van der Waals surface area contributed by atoms with E-state index in [1.807, 2.05) is 30.7 Å². The SMILES string of the molecule is Cc1ncc(-c2ccc3[nH]nc(-c4nc5c(-c6cc(F)cc(CNS(C)(=O)=O)c6)ccnc5[nH]4)c3n2)n1C. The van der Waals surface area contributed by atoms with Crippen molar-refractivity contribution in [3.8, 4) is 34.0 Å². The van der Waals surface area contributed by atoms with Gasteiger partial charge in [-0.25, -0.2) is 37.5 Å². The number of halogens is 1. The van der Waals surface area contributed by atoms with Crippen LogP contribution in [0.1, 0.15) is 11.4 Å². The van der Waals surface area contributed by atoms with Crippen molar-refractivity contribution in [3.05, 3.63) is 66.0 Å². The number of benzene rings is 1. The maximum absolute atomic E-state index is 14.5. The van der Waals surface area contributed by atoms with Gasteiger partial charge in [0.25, 0.3) is 0 Å². The molecule has 11 nitrogen and oxygen atoms in total. The number of H-pyrrole nitrogens is 2. The van der Waals surface area contributed by atoms with E-state index in [-0.39, 0.29) is 6.54 Å². The van der Waals surface area contributed by atoms with Crippen molar-refractivity contribution >= 4 is 32.2 Å². The van der Waals surface area contributed by atoms with Crippen LogP contribution in [0.2, 0.25) is 0 Å². The molecule has 13 heteroatoms. The molecule has 5 heterocycles. The predicted molar refractivity (Wildman–Crippen MR) is 141 cm³/mol. The topological polar surface area (TPSA) is 147 Å². The molecule has 0 radical (unpaired) electrons. The maximum Gasteiger partial charge on any atom is 0.209 e. The summed E-state index contributed by atoms with van der Waals surface area (Å²) in [6.07, 6.45) is 4.43. The zero-order chi connectivity index (χ0) is 26.6. The van der Waals surface area contributed by atoms with Gasteiger partial charge in [0.05, 0.1) is 29.4 Å². The second kappa shape index (κ2) is 8.82. The number of hydrogen-bond donors (Lipinski definition) is 3. The molecule has 0 spiro atoms. The van der Waals surface area contributed by atoms with E-state index in [0.29, 0.717) is 44.9 Å². The minimum atomic E-state index is -3.43. The van der Waals surface area contributed by atoms with Gasteiger partial charge >= 0.3 is 0 Å². The second-order valence-corrected chi connectivity index (χ2v) is 10.8. The molecule has 0 atom stereocenters. The van der Waals surface area contributed by atoms with E-state index in [9.17, 15) is 12.8 Å². The van der Waals surface area contributed by atoms with Crippen molar-refractivity contribution in [1.82, 2.24) is 44.4 Å². The summed E-state index contributed by atoms with van der Waals surface area (Å²) >= 11 is 0. The van der Waals surface area contributed by atoms with E-state index in [1.54, 1.807) is 24.5 Å². The van der Waals surface area contributed by atoms with Gasteiger partial charge in [-0.1, -0.05) is 0 Å². The van der Waals surface area contributed by atoms with Gasteiger partial charge < -0.3 is 9.55 Å². The fourth-order valence-electron chi connectivity index (χ4n) is 4.32. The molecule has 6 rings (SSSR count). The van der Waals surface area contributed by atoms with Crippen molar-refractivity contribution in [2.75, 3.05) is 6.26 Å². The fraction of sp³-hybridized carbons (Fsp3) is 0.160. The number of fused-ring (bicyclic) bond motifs is 2. The van der Waals surface area contributed by atoms with E-state index < -0.39 is 15.8 Å². The smallest absolute Gasteiger partial charge is 0.209 e. The maximum atomic E-state index is 14.5. The highest BCUT2D eigenvalue weighted by Gasteiger charge is 2.19. The van der Waals surface area contributed by atoms with Gasteiger partial charge in [0.15, 0.2) is 17.2 Å². The minimum Gasteiger partial charge on any atom is -0.330 e. The third-order valence-electron chi connectivity index (χ3n) is 6.31. The van der Waals surface area contributed by atoms with Crippen LogP contribution in [0, 0.1) is 12.7 Å². The highest BCUT2D eigenvalue weighted by Crippen LogP contribution is 2.32. The van der Waals surface area contributed by atoms with E-state index in [0.717, 1.165) is 29.0 Å². The van der Waals surface area contributed by atoms with Gasteiger partial charge in [0.2, 0.25) is 10.0 Å². The molecule has 0 saturated carbocycles. The molecular formula is C25H22FN9O2S. The zero-order valence-electron chi connectivity index (χ0n) is 20.6. The van der Waals surface area contributed by atoms with Crippen molar-refractivity contribution in [3.63, 3.8) is 0 Å². The molecule has 5 aromatic heterocycles. The van der Waals surface area contributed by atoms with Crippen LogP contribution in [-0.4, -0.2) is 54.4 Å². The number of sulfonamides is 1. The third kappa shape index (κ3) is 4.31. The van der Waals surface area contributed by atoms with Gasteiger partial charge in [-0.15, -0.1) is 0 Å². The van der Waals surface area contributed by atoms with Crippen molar-refractivity contribution < 1.29 is 12.8 Å². The van der Waals surface area contributed by atoms with E-state index in [2.05, 4.69) is 29.9 Å². The molecule has 0 bridgehead atoms. The number of hydrogen-bond acceptors (Lipinski definition) is 7. The average molecular weight is 532 g/mol. The summed E-state index contributed by atoms with van der Waals surface area (Å²) in [5.74, 6) is 0.833. The standard InChI is InChI=1S/C25H22FN9O2S/c1-13-28-12-20(35(13)2)18-4-5-19-22(30-18)23(34-33-19)25-31-21-17(6-7-27-24(21)32-25)15-8-14(9-16(26)10-15)11-29-38(3,36)37/h4-10,12,29H,11H2,1-3H3,(H,33,34)(H,27,31,32). The number of aryl methyl sites for hydroxylation is 1. The van der Waals surface area contributed by atoms with Crippen LogP contribution in [0.15, 0.2) is 48.8 Å². The molecular weight excluding hydrogens is 509 g/mol. The van der Waals surface area contributed by atoms with E-state index in [1.165, 1.54) is 12.1 Å². The lowest BCUT2D eigenvalue weighted by Crippen LogP contribution is -2.21. The monoisotopic (exact) mass is 531 g/mol. The molecule has 0 aliphatic heterocycles. The van der Waals surface area contributed by atoms with Crippen LogP contribution in [0.4, 0.5) is 4.39 Å². The Balaban J connectivity index is 1.44. The molecule has 0 fully saturated rings. The number of aromatic nitrogens is 8. The van der Waals surface area contributed by atoms with E-state index >= 15 is 0 Å². The van der Waals surface area contributed by atoms with Gasteiger partial charge in [0.1, 0.15) is 22.7 Å². The first kappa shape index (κ1) is 23.9. The van der Waals surface area contributed by atoms with Crippen LogP contribution in [-0.2, 0) is 23.6 Å². The quantitative estimate of drug-likeness (QED) is 0.298. The lowest BCUT2D eigenvalue weighted by molar-refractivity contribution is 0.586. The Morgan fingerprint density at radius 3 is 2.68 bits per heavy atom. The fourth-order valence-corrected chi connectivity index (χ4v) is 4.75. The Labute approximate surface area is 216 Å². The second-order valence-electron chi connectivity index (χ2n) is 9.00. The molecule has 0 saturated heterocycles. The average Bonchev–Trinajstić information content (AvgIpc) is 3.58. The zero-order valence-corrected chi connectivity index (χ0v) is 21.4. The number of imidazole rings is 2. The summed E-state index contributed by atoms with van der Waals surface area (Å²) in [5, 5.41) is 7.44. The van der Waals surface area contributed by atoms with Crippen LogP contribution in [0.25, 0.3) is 56.2 Å². The third-order valence-corrected chi connectivity index (χ3v) is 6.98. The molecule has 3 N–H and O–H groups in total. The summed E-state index contributed by atoms with van der Waals surface area (Å²) in [7, 11) is -1.50. The predicted octanol–water partition coefficient (Wildman–Crippen LogP) is 3.46. The Bertz CT molecular complexity index is 1960. The lowest BCUT2D eigenvalue weighted by Gasteiger charge is -2.07. The first-order valence-electron chi connectivity index (χ1n) is 11.6. The highest BCUT2D eigenvalue weighted by molar-refractivity contribution is 7.88. The summed E-state index contributed by atoms with van der Waals surface area (Å²) in [4.78, 5) is 21.5. The van der Waals surface area contributed by atoms with Crippen molar-refractivity contribution in [1.29, 1.82) is 0 Å². The number of aromatic amines is 2. The molecule has 1 aromatic carbocycles. The van der Waals surface area contributed by atoms with Gasteiger partial charge in [-0.2, -0.15) is 5.10 Å². The minimum absolute atomic E-state index is 0.0346. The Kier molecular flexibility index (Phi) is 5.54. The summed E-state index contributed by atoms with van der Waals surface area (Å²) in [6, 6.07) is 9.93. The molecule has 0 unspecified atom stereocenters. The van der Waals surface area contributed by atoms with Crippen LogP contribution < -0.4 is 4.72 Å². The van der Waals surface area contributed by atoms with Gasteiger partial charge in [-0.3, -0.25) is 5.10 Å². The largest absolute Gasteiger partial charge is 0.330 e. The first-order valence-corrected chi connectivity index (χ1v) is 13.5. The Morgan fingerprint density at radius 1 is 1.08 bits per heavy atom. The van der Waals surface area contributed by atoms with Crippen LogP contribution in [0.3, 0.4) is 0 Å². The Hall–Kier alpha value is -4.49. The first-order chi connectivity index (χ1) is 18.2. The number of pyridine rings is 2. The normalized spacial score (nSPS) is 12.1. The lowest BCUT2D eigenvalue weighted by atomic mass is 10.0. The molecule has 38 heavy (non-hydrogen) atoms. The molecule has 6 aromatic rings. The molecule has 0 aliphatic rings. The van der Waals surface area contributed by atoms with Gasteiger partial charge in [-0.05, 0) is 54.4 Å². The molecule has 192 valence electrons. The Morgan fingerprint density at radius 2 is 1.92 bits per heavy atom. The van der Waals surface area contributed by atoms with Crippen LogP contribution >= 0.6 is 0 Å². The van der Waals surface area contributed by atoms with Crippen molar-refractivity contribution in [2.24, 2.45) is 7.05 Å².